The highest BCUT2D eigenvalue weighted by Crippen LogP contribution is 2.52. The van der Waals surface area contributed by atoms with Crippen LogP contribution in [0.1, 0.15) is 44.7 Å². The molecule has 1 atom stereocenters. The van der Waals surface area contributed by atoms with E-state index in [0.29, 0.717) is 0 Å². The lowest BCUT2D eigenvalue weighted by Crippen LogP contribution is -2.29. The number of unbranched alkanes of at least 4 members (excludes halogenated alkanes) is 1. The second-order valence-corrected chi connectivity index (χ2v) is 5.44. The number of ketones is 1. The minimum Gasteiger partial charge on any atom is -0.465 e. The second kappa shape index (κ2) is 6.25. The van der Waals surface area contributed by atoms with E-state index in [0.717, 1.165) is 17.6 Å². The number of carbonyl (C=O) groups is 2. The molecule has 21 heavy (non-hydrogen) atoms. The largest absolute Gasteiger partial charge is 0.465 e. The van der Waals surface area contributed by atoms with E-state index in [1.165, 1.54) is 25.3 Å². The Bertz CT molecular complexity index is 569. The summed E-state index contributed by atoms with van der Waals surface area (Å²) >= 11 is 0. The van der Waals surface area contributed by atoms with Crippen LogP contribution in [0.15, 0.2) is 30.3 Å². The topological polar surface area (TPSA) is 43.4 Å². The molecular formula is C18H22O3. The molecule has 2 rings (SSSR count). The van der Waals surface area contributed by atoms with E-state index in [2.05, 4.69) is 19.1 Å². The molecule has 1 unspecified atom stereocenters. The summed E-state index contributed by atoms with van der Waals surface area (Å²) in [5.41, 5.74) is 1.85. The molecule has 1 aliphatic carbocycles. The van der Waals surface area contributed by atoms with Gasteiger partial charge in [-0.25, -0.2) is 0 Å². The van der Waals surface area contributed by atoms with E-state index < -0.39 is 11.4 Å². The number of ether oxygens (including phenoxy) is 1. The summed E-state index contributed by atoms with van der Waals surface area (Å²) in [5.74, 6) is -0.631. The van der Waals surface area contributed by atoms with Crippen LogP contribution in [0.3, 0.4) is 0 Å². The molecule has 0 spiro atoms. The van der Waals surface area contributed by atoms with Gasteiger partial charge in [-0.15, -0.1) is 0 Å². The highest BCUT2D eigenvalue weighted by molar-refractivity contribution is 6.24. The summed E-state index contributed by atoms with van der Waals surface area (Å²) in [6.45, 7) is 5.64. The van der Waals surface area contributed by atoms with Gasteiger partial charge in [-0.1, -0.05) is 37.6 Å². The molecule has 0 radical (unpaired) electrons. The van der Waals surface area contributed by atoms with Crippen molar-refractivity contribution in [1.29, 1.82) is 0 Å². The third-order valence-electron chi connectivity index (χ3n) is 3.94. The van der Waals surface area contributed by atoms with Crippen molar-refractivity contribution >= 4 is 17.3 Å². The summed E-state index contributed by atoms with van der Waals surface area (Å²) in [4.78, 5) is 23.9. The first-order valence-corrected chi connectivity index (χ1v) is 7.57. The van der Waals surface area contributed by atoms with Crippen molar-refractivity contribution in [2.75, 3.05) is 6.61 Å². The van der Waals surface area contributed by atoms with Crippen LogP contribution in [-0.4, -0.2) is 18.4 Å². The summed E-state index contributed by atoms with van der Waals surface area (Å²) in [6.07, 6.45) is 5.12. The van der Waals surface area contributed by atoms with E-state index in [-0.39, 0.29) is 12.4 Å². The maximum absolute atomic E-state index is 12.1. The van der Waals surface area contributed by atoms with Gasteiger partial charge in [0.1, 0.15) is 0 Å². The van der Waals surface area contributed by atoms with Crippen LogP contribution in [0.2, 0.25) is 0 Å². The SMILES string of the molecule is CCCCc1ccc(C2=CC2(C(C)=O)C(=O)OCC)cc1. The van der Waals surface area contributed by atoms with E-state index in [4.69, 9.17) is 4.74 Å². The maximum atomic E-state index is 12.1. The van der Waals surface area contributed by atoms with E-state index in [9.17, 15) is 9.59 Å². The summed E-state index contributed by atoms with van der Waals surface area (Å²) in [6, 6.07) is 8.11. The van der Waals surface area contributed by atoms with Crippen LogP contribution in [0.25, 0.3) is 5.57 Å². The Kier molecular flexibility index (Phi) is 4.61. The Hall–Kier alpha value is -1.90. The van der Waals surface area contributed by atoms with Crippen LogP contribution in [0.4, 0.5) is 0 Å². The van der Waals surface area contributed by atoms with Crippen LogP contribution in [-0.2, 0) is 20.7 Å². The fraction of sp³-hybridized carbons (Fsp3) is 0.444. The number of esters is 1. The molecule has 1 aliphatic rings. The van der Waals surface area contributed by atoms with Crippen LogP contribution >= 0.6 is 0 Å². The molecule has 0 heterocycles. The van der Waals surface area contributed by atoms with Crippen molar-refractivity contribution in [3.8, 4) is 0 Å². The maximum Gasteiger partial charge on any atom is 0.328 e. The molecule has 0 aliphatic heterocycles. The van der Waals surface area contributed by atoms with Gasteiger partial charge in [-0.3, -0.25) is 9.59 Å². The molecule has 0 saturated carbocycles. The molecule has 1 aromatic rings. The van der Waals surface area contributed by atoms with Crippen molar-refractivity contribution < 1.29 is 14.3 Å². The van der Waals surface area contributed by atoms with Crippen LogP contribution in [0, 0.1) is 5.41 Å². The van der Waals surface area contributed by atoms with E-state index >= 15 is 0 Å². The monoisotopic (exact) mass is 286 g/mol. The quantitative estimate of drug-likeness (QED) is 0.568. The smallest absolute Gasteiger partial charge is 0.328 e. The first kappa shape index (κ1) is 15.5. The molecule has 0 amide bonds. The summed E-state index contributed by atoms with van der Waals surface area (Å²) in [7, 11) is 0. The number of aryl methyl sites for hydroxylation is 1. The number of benzene rings is 1. The molecule has 0 fully saturated rings. The predicted molar refractivity (Wildman–Crippen MR) is 82.8 cm³/mol. The Balaban J connectivity index is 2.14. The minimum absolute atomic E-state index is 0.175. The molecule has 112 valence electrons. The molecule has 3 nitrogen and oxygen atoms in total. The van der Waals surface area contributed by atoms with Crippen molar-refractivity contribution in [2.24, 2.45) is 5.41 Å². The highest BCUT2D eigenvalue weighted by Gasteiger charge is 2.56. The fourth-order valence-electron chi connectivity index (χ4n) is 2.57. The van der Waals surface area contributed by atoms with Gasteiger partial charge in [0, 0.05) is 0 Å². The molecular weight excluding hydrogens is 264 g/mol. The summed E-state index contributed by atoms with van der Waals surface area (Å²) < 4.78 is 5.05. The van der Waals surface area contributed by atoms with Crippen molar-refractivity contribution in [3.63, 3.8) is 0 Å². The Morgan fingerprint density at radius 2 is 1.81 bits per heavy atom. The predicted octanol–water partition coefficient (Wildman–Crippen LogP) is 3.56. The lowest BCUT2D eigenvalue weighted by Gasteiger charge is -2.14. The number of Topliss-reactive ketones (excluding diaryl/α,β-unsaturated/α-hetero) is 1. The van der Waals surface area contributed by atoms with E-state index in [1.54, 1.807) is 13.0 Å². The standard InChI is InChI=1S/C18H22O3/c1-4-6-7-14-8-10-15(11-9-14)16-12-18(16,13(3)19)17(20)21-5-2/h8-12H,4-7H2,1-3H3. The Labute approximate surface area is 126 Å². The van der Waals surface area contributed by atoms with Gasteiger partial charge in [0.05, 0.1) is 6.61 Å². The second-order valence-electron chi connectivity index (χ2n) is 5.44. The number of rotatable bonds is 7. The number of carbonyl (C=O) groups excluding carboxylic acids is 2. The van der Waals surface area contributed by atoms with Crippen molar-refractivity contribution in [1.82, 2.24) is 0 Å². The van der Waals surface area contributed by atoms with Crippen molar-refractivity contribution in [3.05, 3.63) is 41.5 Å². The Morgan fingerprint density at radius 3 is 2.33 bits per heavy atom. The van der Waals surface area contributed by atoms with Crippen LogP contribution in [0.5, 0.6) is 0 Å². The van der Waals surface area contributed by atoms with Gasteiger partial charge in [-0.2, -0.15) is 0 Å². The Morgan fingerprint density at radius 1 is 1.14 bits per heavy atom. The lowest BCUT2D eigenvalue weighted by molar-refractivity contribution is -0.151. The molecule has 3 heteroatoms. The fourth-order valence-corrected chi connectivity index (χ4v) is 2.57. The third kappa shape index (κ3) is 2.92. The van der Waals surface area contributed by atoms with Gasteiger partial charge in [0.15, 0.2) is 11.2 Å². The zero-order valence-corrected chi connectivity index (χ0v) is 12.9. The lowest BCUT2D eigenvalue weighted by atomic mass is 9.92. The van der Waals surface area contributed by atoms with Gasteiger partial charge in [0.2, 0.25) is 0 Å². The highest BCUT2D eigenvalue weighted by atomic mass is 16.5. The zero-order chi connectivity index (χ0) is 15.5. The van der Waals surface area contributed by atoms with E-state index in [1.807, 2.05) is 12.1 Å². The molecule has 0 N–H and O–H groups in total. The van der Waals surface area contributed by atoms with Gasteiger partial charge >= 0.3 is 5.97 Å². The molecule has 0 bridgehead atoms. The minimum atomic E-state index is -1.14. The van der Waals surface area contributed by atoms with Gasteiger partial charge in [-0.05, 0) is 49.5 Å². The normalized spacial score (nSPS) is 19.9. The van der Waals surface area contributed by atoms with Gasteiger partial charge < -0.3 is 4.74 Å². The third-order valence-corrected chi connectivity index (χ3v) is 3.94. The first-order valence-electron chi connectivity index (χ1n) is 7.57. The molecule has 0 saturated heterocycles. The van der Waals surface area contributed by atoms with Crippen LogP contribution < -0.4 is 0 Å². The average Bonchev–Trinajstić information content (AvgIpc) is 3.23. The first-order chi connectivity index (χ1) is 10.1. The number of hydrogen-bond acceptors (Lipinski definition) is 3. The zero-order valence-electron chi connectivity index (χ0n) is 12.9. The average molecular weight is 286 g/mol. The summed E-state index contributed by atoms with van der Waals surface area (Å²) in [5, 5.41) is 0. The molecule has 1 aromatic carbocycles. The van der Waals surface area contributed by atoms with Crippen molar-refractivity contribution in [2.45, 2.75) is 40.0 Å². The molecule has 0 aromatic heterocycles. The number of hydrogen-bond donors (Lipinski definition) is 0. The van der Waals surface area contributed by atoms with Gasteiger partial charge in [0.25, 0.3) is 0 Å².